The van der Waals surface area contributed by atoms with E-state index in [0.717, 1.165) is 11.3 Å². The summed E-state index contributed by atoms with van der Waals surface area (Å²) >= 11 is 4.99. The third-order valence-electron chi connectivity index (χ3n) is 3.60. The number of nitrogens with two attached hydrogens (primary N) is 1. The van der Waals surface area contributed by atoms with Crippen LogP contribution in [0.15, 0.2) is 24.3 Å². The average Bonchev–Trinajstić information content (AvgIpc) is 3.15. The van der Waals surface area contributed by atoms with Crippen molar-refractivity contribution >= 4 is 27.0 Å². The summed E-state index contributed by atoms with van der Waals surface area (Å²) in [7, 11) is -1.54. The number of benzene rings is 1. The zero-order chi connectivity index (χ0) is 14.2. The number of thiocarbonyl (C=S) groups is 1. The quantitative estimate of drug-likeness (QED) is 0.834. The largest absolute Gasteiger partial charge is 0.497 e. The van der Waals surface area contributed by atoms with Crippen LogP contribution >= 0.6 is 12.2 Å². The van der Waals surface area contributed by atoms with Crippen molar-refractivity contribution in [2.24, 2.45) is 11.7 Å². The van der Waals surface area contributed by atoms with Crippen molar-refractivity contribution in [1.29, 1.82) is 0 Å². The number of rotatable bonds is 5. The Balaban J connectivity index is 2.30. The Morgan fingerprint density at radius 2 is 1.95 bits per heavy atom. The summed E-state index contributed by atoms with van der Waals surface area (Å²) < 4.78 is 29.2. The van der Waals surface area contributed by atoms with Crippen LogP contribution in [-0.4, -0.2) is 31.5 Å². The molecule has 1 aromatic rings. The molecule has 1 fully saturated rings. The maximum atomic E-state index is 12.0. The molecule has 0 heterocycles. The highest BCUT2D eigenvalue weighted by Crippen LogP contribution is 2.52. The molecule has 1 aromatic carbocycles. The van der Waals surface area contributed by atoms with Gasteiger partial charge < -0.3 is 10.5 Å². The highest BCUT2D eigenvalue weighted by Gasteiger charge is 2.59. The Morgan fingerprint density at radius 1 is 1.37 bits per heavy atom. The molecule has 2 N–H and O–H groups in total. The second-order valence-corrected chi connectivity index (χ2v) is 7.56. The lowest BCUT2D eigenvalue weighted by atomic mass is 10.1. The fourth-order valence-electron chi connectivity index (χ4n) is 2.48. The Bertz CT molecular complexity index is 580. The molecule has 0 aromatic heterocycles. The van der Waals surface area contributed by atoms with E-state index < -0.39 is 15.1 Å². The number of methoxy groups -OCH3 is 1. The fraction of sp³-hybridized carbons (Fsp3) is 0.462. The fourth-order valence-corrected chi connectivity index (χ4v) is 4.69. The van der Waals surface area contributed by atoms with E-state index in [-0.39, 0.29) is 22.6 Å². The molecule has 0 amide bonds. The van der Waals surface area contributed by atoms with Crippen LogP contribution in [0.5, 0.6) is 5.75 Å². The van der Waals surface area contributed by atoms with Crippen molar-refractivity contribution in [2.45, 2.75) is 18.1 Å². The van der Waals surface area contributed by atoms with Crippen LogP contribution in [0.1, 0.15) is 18.4 Å². The van der Waals surface area contributed by atoms with Gasteiger partial charge in [0.2, 0.25) is 0 Å². The SMILES string of the molecule is CCS(=O)(=O)[C@@H]1[C@@H](C(N)=S)[C@@H]1c1ccc(OC)cc1. The van der Waals surface area contributed by atoms with Gasteiger partial charge in [-0.2, -0.15) is 0 Å². The second-order valence-electron chi connectivity index (χ2n) is 4.64. The molecule has 3 atom stereocenters. The molecule has 6 heteroatoms. The first-order valence-electron chi connectivity index (χ1n) is 6.07. The molecule has 19 heavy (non-hydrogen) atoms. The number of hydrogen-bond acceptors (Lipinski definition) is 4. The predicted octanol–water partition coefficient (Wildman–Crippen LogP) is 1.50. The van der Waals surface area contributed by atoms with E-state index in [1.807, 2.05) is 24.3 Å². The van der Waals surface area contributed by atoms with Crippen molar-refractivity contribution in [2.75, 3.05) is 12.9 Å². The third kappa shape index (κ3) is 2.60. The lowest BCUT2D eigenvalue weighted by Crippen LogP contribution is -2.18. The van der Waals surface area contributed by atoms with Gasteiger partial charge in [0.05, 0.1) is 17.3 Å². The molecule has 4 nitrogen and oxygen atoms in total. The van der Waals surface area contributed by atoms with E-state index in [0.29, 0.717) is 0 Å². The van der Waals surface area contributed by atoms with Gasteiger partial charge in [0.15, 0.2) is 9.84 Å². The number of ether oxygens (including phenoxy) is 1. The normalized spacial score (nSPS) is 25.9. The van der Waals surface area contributed by atoms with E-state index in [1.54, 1.807) is 14.0 Å². The van der Waals surface area contributed by atoms with Gasteiger partial charge in [0, 0.05) is 17.6 Å². The van der Waals surface area contributed by atoms with E-state index in [9.17, 15) is 8.42 Å². The molecular weight excluding hydrogens is 282 g/mol. The first kappa shape index (κ1) is 14.3. The van der Waals surface area contributed by atoms with Gasteiger partial charge in [0.25, 0.3) is 0 Å². The molecule has 0 bridgehead atoms. The minimum atomic E-state index is -3.13. The Labute approximate surface area is 118 Å². The minimum absolute atomic E-state index is 0.115. The van der Waals surface area contributed by atoms with Crippen LogP contribution < -0.4 is 10.5 Å². The van der Waals surface area contributed by atoms with Crippen LogP contribution in [-0.2, 0) is 9.84 Å². The summed E-state index contributed by atoms with van der Waals surface area (Å²) in [6.45, 7) is 1.65. The Morgan fingerprint density at radius 3 is 2.37 bits per heavy atom. The van der Waals surface area contributed by atoms with Crippen LogP contribution in [0, 0.1) is 5.92 Å². The van der Waals surface area contributed by atoms with E-state index in [1.165, 1.54) is 0 Å². The monoisotopic (exact) mass is 299 g/mol. The smallest absolute Gasteiger partial charge is 0.154 e. The van der Waals surface area contributed by atoms with Gasteiger partial charge >= 0.3 is 0 Å². The summed E-state index contributed by atoms with van der Waals surface area (Å²) in [5.41, 5.74) is 6.61. The number of hydrogen-bond donors (Lipinski definition) is 1. The van der Waals surface area contributed by atoms with E-state index in [2.05, 4.69) is 0 Å². The van der Waals surface area contributed by atoms with E-state index >= 15 is 0 Å². The van der Waals surface area contributed by atoms with Gasteiger partial charge in [-0.3, -0.25) is 0 Å². The molecule has 0 unspecified atom stereocenters. The summed E-state index contributed by atoms with van der Waals surface area (Å²) in [6.07, 6.45) is 0. The van der Waals surface area contributed by atoms with Crippen LogP contribution in [0.25, 0.3) is 0 Å². The standard InChI is InChI=1S/C13H17NO3S2/c1-3-19(15,16)12-10(11(12)13(14)18)8-4-6-9(17-2)7-5-8/h4-7,10-12H,3H2,1-2H3,(H2,14,18)/t10-,11-,12-/m0/s1. The number of sulfone groups is 1. The molecule has 0 aliphatic heterocycles. The highest BCUT2D eigenvalue weighted by molar-refractivity contribution is 7.92. The van der Waals surface area contributed by atoms with Crippen LogP contribution in [0.4, 0.5) is 0 Å². The Hall–Kier alpha value is -1.14. The van der Waals surface area contributed by atoms with Crippen molar-refractivity contribution in [3.63, 3.8) is 0 Å². The average molecular weight is 299 g/mol. The maximum Gasteiger partial charge on any atom is 0.154 e. The molecule has 1 aliphatic rings. The summed E-state index contributed by atoms with van der Waals surface area (Å²) in [6, 6.07) is 7.39. The van der Waals surface area contributed by atoms with Crippen molar-refractivity contribution in [3.8, 4) is 5.75 Å². The molecule has 1 aliphatic carbocycles. The van der Waals surface area contributed by atoms with Gasteiger partial charge in [-0.15, -0.1) is 0 Å². The van der Waals surface area contributed by atoms with Gasteiger partial charge in [-0.1, -0.05) is 31.3 Å². The second kappa shape index (κ2) is 5.09. The zero-order valence-corrected chi connectivity index (χ0v) is 12.5. The third-order valence-corrected chi connectivity index (χ3v) is 6.09. The first-order valence-corrected chi connectivity index (χ1v) is 8.19. The van der Waals surface area contributed by atoms with Gasteiger partial charge in [-0.25, -0.2) is 8.42 Å². The summed E-state index contributed by atoms with van der Waals surface area (Å²) in [4.78, 5) is 0.280. The lowest BCUT2D eigenvalue weighted by molar-refractivity contribution is 0.414. The molecular formula is C13H17NO3S2. The van der Waals surface area contributed by atoms with Crippen LogP contribution in [0.2, 0.25) is 0 Å². The summed E-state index contributed by atoms with van der Waals surface area (Å²) in [5.74, 6) is 0.497. The maximum absolute atomic E-state index is 12.0. The van der Waals surface area contributed by atoms with Gasteiger partial charge in [-0.05, 0) is 17.7 Å². The van der Waals surface area contributed by atoms with Crippen molar-refractivity contribution < 1.29 is 13.2 Å². The lowest BCUT2D eigenvalue weighted by Gasteiger charge is -2.03. The summed E-state index contributed by atoms with van der Waals surface area (Å²) in [5, 5.41) is -0.469. The molecule has 0 saturated heterocycles. The minimum Gasteiger partial charge on any atom is -0.497 e. The Kier molecular flexibility index (Phi) is 3.82. The molecule has 1 saturated carbocycles. The molecule has 2 rings (SSSR count). The van der Waals surface area contributed by atoms with Crippen molar-refractivity contribution in [3.05, 3.63) is 29.8 Å². The molecule has 104 valence electrons. The molecule has 0 spiro atoms. The zero-order valence-electron chi connectivity index (χ0n) is 10.9. The predicted molar refractivity (Wildman–Crippen MR) is 79.3 cm³/mol. The molecule has 0 radical (unpaired) electrons. The topological polar surface area (TPSA) is 69.4 Å². The van der Waals surface area contributed by atoms with Crippen LogP contribution in [0.3, 0.4) is 0 Å². The van der Waals surface area contributed by atoms with Gasteiger partial charge in [0.1, 0.15) is 5.75 Å². The highest BCUT2D eigenvalue weighted by atomic mass is 32.2. The van der Waals surface area contributed by atoms with Crippen molar-refractivity contribution in [1.82, 2.24) is 0 Å². The van der Waals surface area contributed by atoms with E-state index in [4.69, 9.17) is 22.7 Å². The first-order chi connectivity index (χ1) is 8.92.